The zero-order valence-electron chi connectivity index (χ0n) is 14.1. The van der Waals surface area contributed by atoms with Crippen LogP contribution in [-0.4, -0.2) is 55.0 Å². The highest BCUT2D eigenvalue weighted by molar-refractivity contribution is 7.18. The Balaban J connectivity index is 1.59. The topological polar surface area (TPSA) is 62.7 Å². The molecule has 0 N–H and O–H groups in total. The number of esters is 1. The van der Waals surface area contributed by atoms with Gasteiger partial charge in [0.1, 0.15) is 0 Å². The van der Waals surface area contributed by atoms with Gasteiger partial charge in [0.05, 0.1) is 13.5 Å². The van der Waals surface area contributed by atoms with E-state index in [-0.39, 0.29) is 11.1 Å². The number of amides is 1. The maximum Gasteiger partial charge on any atom is 0.351 e. The Morgan fingerprint density at radius 3 is 2.62 bits per heavy atom. The van der Waals surface area contributed by atoms with Crippen LogP contribution in [0.2, 0.25) is 10.2 Å². The van der Waals surface area contributed by atoms with E-state index in [0.717, 1.165) is 5.56 Å². The van der Waals surface area contributed by atoms with Crippen molar-refractivity contribution in [2.45, 2.75) is 6.42 Å². The smallest absolute Gasteiger partial charge is 0.351 e. The molecule has 1 aromatic heterocycles. The first-order valence-corrected chi connectivity index (χ1v) is 9.57. The Hall–Kier alpha value is -1.83. The van der Waals surface area contributed by atoms with E-state index in [0.29, 0.717) is 47.6 Å². The predicted octanol–water partition coefficient (Wildman–Crippen LogP) is 3.13. The fourth-order valence-electron chi connectivity index (χ4n) is 2.73. The maximum atomic E-state index is 12.5. The normalized spacial score (nSPS) is 14.4. The highest BCUT2D eigenvalue weighted by Crippen LogP contribution is 2.30. The molecule has 26 heavy (non-hydrogen) atoms. The summed E-state index contributed by atoms with van der Waals surface area (Å²) in [5.74, 6) is -0.423. The monoisotopic (exact) mass is 413 g/mol. The Kier molecular flexibility index (Phi) is 6.01. The van der Waals surface area contributed by atoms with Gasteiger partial charge in [0.25, 0.3) is 0 Å². The first kappa shape index (κ1) is 18.9. The van der Waals surface area contributed by atoms with E-state index >= 15 is 0 Å². The Bertz CT molecular complexity index is 819. The van der Waals surface area contributed by atoms with Crippen molar-refractivity contribution in [2.24, 2.45) is 0 Å². The number of halogens is 2. The SMILES string of the molecule is COC(=O)c1sc(N2CCN(C(=O)Cc3cccc(Cl)c3)CC2)nc1Cl. The lowest BCUT2D eigenvalue weighted by atomic mass is 10.1. The van der Waals surface area contributed by atoms with Crippen molar-refractivity contribution in [1.29, 1.82) is 0 Å². The van der Waals surface area contributed by atoms with Crippen molar-refractivity contribution in [3.63, 3.8) is 0 Å². The van der Waals surface area contributed by atoms with Crippen LogP contribution in [-0.2, 0) is 16.0 Å². The minimum absolute atomic E-state index is 0.0688. The van der Waals surface area contributed by atoms with Crippen molar-refractivity contribution < 1.29 is 14.3 Å². The molecule has 0 saturated carbocycles. The molecular formula is C17H17Cl2N3O3S. The molecule has 1 aliphatic rings. The summed E-state index contributed by atoms with van der Waals surface area (Å²) >= 11 is 13.2. The molecule has 2 heterocycles. The van der Waals surface area contributed by atoms with Gasteiger partial charge in [-0.1, -0.05) is 46.7 Å². The van der Waals surface area contributed by atoms with Crippen LogP contribution in [0.1, 0.15) is 15.2 Å². The summed E-state index contributed by atoms with van der Waals surface area (Å²) in [6, 6.07) is 7.33. The minimum atomic E-state index is -0.492. The summed E-state index contributed by atoms with van der Waals surface area (Å²) in [6.07, 6.45) is 0.329. The van der Waals surface area contributed by atoms with Gasteiger partial charge in [-0.15, -0.1) is 0 Å². The van der Waals surface area contributed by atoms with Gasteiger partial charge in [0.15, 0.2) is 15.2 Å². The van der Waals surface area contributed by atoms with Crippen molar-refractivity contribution in [2.75, 3.05) is 38.2 Å². The Morgan fingerprint density at radius 2 is 1.96 bits per heavy atom. The van der Waals surface area contributed by atoms with Gasteiger partial charge in [-0.3, -0.25) is 4.79 Å². The van der Waals surface area contributed by atoms with E-state index in [1.807, 2.05) is 28.0 Å². The number of benzene rings is 1. The van der Waals surface area contributed by atoms with Gasteiger partial charge in [0.2, 0.25) is 5.91 Å². The highest BCUT2D eigenvalue weighted by Gasteiger charge is 2.25. The highest BCUT2D eigenvalue weighted by atomic mass is 35.5. The number of anilines is 1. The van der Waals surface area contributed by atoms with Crippen LogP contribution in [0.15, 0.2) is 24.3 Å². The van der Waals surface area contributed by atoms with E-state index in [9.17, 15) is 9.59 Å². The Morgan fingerprint density at radius 1 is 1.23 bits per heavy atom. The molecule has 0 bridgehead atoms. The molecule has 0 radical (unpaired) electrons. The van der Waals surface area contributed by atoms with Gasteiger partial charge in [-0.2, -0.15) is 0 Å². The second-order valence-electron chi connectivity index (χ2n) is 5.78. The number of aromatic nitrogens is 1. The van der Waals surface area contributed by atoms with Gasteiger partial charge in [-0.25, -0.2) is 9.78 Å². The van der Waals surface area contributed by atoms with Crippen LogP contribution in [0.5, 0.6) is 0 Å². The first-order valence-electron chi connectivity index (χ1n) is 7.99. The second kappa shape index (κ2) is 8.24. The number of nitrogens with zero attached hydrogens (tertiary/aromatic N) is 3. The third-order valence-electron chi connectivity index (χ3n) is 4.09. The van der Waals surface area contributed by atoms with Crippen LogP contribution in [0, 0.1) is 0 Å². The summed E-state index contributed by atoms with van der Waals surface area (Å²) in [5, 5.41) is 1.44. The number of rotatable bonds is 4. The number of hydrogen-bond acceptors (Lipinski definition) is 6. The van der Waals surface area contributed by atoms with E-state index in [1.165, 1.54) is 18.4 Å². The fourth-order valence-corrected chi connectivity index (χ4v) is 4.19. The van der Waals surface area contributed by atoms with E-state index in [2.05, 4.69) is 4.98 Å². The third kappa shape index (κ3) is 4.28. The number of carbonyl (C=O) groups is 2. The predicted molar refractivity (Wildman–Crippen MR) is 102 cm³/mol. The summed E-state index contributed by atoms with van der Waals surface area (Å²) in [5.41, 5.74) is 0.902. The molecule has 0 spiro atoms. The van der Waals surface area contributed by atoms with Crippen molar-refractivity contribution in [1.82, 2.24) is 9.88 Å². The molecule has 1 fully saturated rings. The average Bonchev–Trinajstić information content (AvgIpc) is 3.03. The first-order chi connectivity index (χ1) is 12.5. The van der Waals surface area contributed by atoms with Crippen molar-refractivity contribution >= 4 is 51.5 Å². The van der Waals surface area contributed by atoms with Gasteiger partial charge >= 0.3 is 5.97 Å². The van der Waals surface area contributed by atoms with Crippen LogP contribution < -0.4 is 4.90 Å². The van der Waals surface area contributed by atoms with Crippen LogP contribution in [0.4, 0.5) is 5.13 Å². The van der Waals surface area contributed by atoms with Crippen LogP contribution >= 0.6 is 34.5 Å². The zero-order valence-corrected chi connectivity index (χ0v) is 16.4. The summed E-state index contributed by atoms with van der Waals surface area (Å²) in [4.78, 5) is 32.5. The second-order valence-corrected chi connectivity index (χ2v) is 7.55. The van der Waals surface area contributed by atoms with Gasteiger partial charge < -0.3 is 14.5 Å². The number of hydrogen-bond donors (Lipinski definition) is 0. The molecule has 138 valence electrons. The number of methoxy groups -OCH3 is 1. The molecule has 1 aromatic carbocycles. The molecule has 0 aliphatic carbocycles. The zero-order chi connectivity index (χ0) is 18.7. The third-order valence-corrected chi connectivity index (χ3v) is 5.81. The quantitative estimate of drug-likeness (QED) is 0.720. The van der Waals surface area contributed by atoms with Crippen LogP contribution in [0.3, 0.4) is 0 Å². The lowest BCUT2D eigenvalue weighted by molar-refractivity contribution is -0.130. The lowest BCUT2D eigenvalue weighted by Gasteiger charge is -2.34. The number of carbonyl (C=O) groups excluding carboxylic acids is 2. The maximum absolute atomic E-state index is 12.5. The molecule has 3 rings (SSSR count). The molecule has 1 aliphatic heterocycles. The molecule has 9 heteroatoms. The van der Waals surface area contributed by atoms with E-state index in [1.54, 1.807) is 6.07 Å². The molecular weight excluding hydrogens is 397 g/mol. The molecule has 0 atom stereocenters. The van der Waals surface area contributed by atoms with Gasteiger partial charge in [-0.05, 0) is 17.7 Å². The standard InChI is InChI=1S/C17H17Cl2N3O3S/c1-25-16(24)14-15(19)20-17(26-14)22-7-5-21(6-8-22)13(23)10-11-3-2-4-12(18)9-11/h2-4,9H,5-8,10H2,1H3. The van der Waals surface area contributed by atoms with Crippen LogP contribution in [0.25, 0.3) is 0 Å². The summed E-state index contributed by atoms with van der Waals surface area (Å²) in [7, 11) is 1.31. The Labute approximate surface area is 165 Å². The molecule has 1 saturated heterocycles. The number of ether oxygens (including phenoxy) is 1. The average molecular weight is 414 g/mol. The summed E-state index contributed by atoms with van der Waals surface area (Å²) in [6.45, 7) is 2.44. The largest absolute Gasteiger partial charge is 0.465 e. The van der Waals surface area contributed by atoms with Crippen molar-refractivity contribution in [3.05, 3.63) is 44.9 Å². The van der Waals surface area contributed by atoms with Gasteiger partial charge in [0, 0.05) is 31.2 Å². The number of thiazole rings is 1. The minimum Gasteiger partial charge on any atom is -0.465 e. The van der Waals surface area contributed by atoms with E-state index < -0.39 is 5.97 Å². The molecule has 2 aromatic rings. The lowest BCUT2D eigenvalue weighted by Crippen LogP contribution is -2.49. The van der Waals surface area contributed by atoms with Crippen molar-refractivity contribution in [3.8, 4) is 0 Å². The number of piperazine rings is 1. The fraction of sp³-hybridized carbons (Fsp3) is 0.353. The molecule has 1 amide bonds. The van der Waals surface area contributed by atoms with E-state index in [4.69, 9.17) is 27.9 Å². The molecule has 0 unspecified atom stereocenters. The summed E-state index contributed by atoms with van der Waals surface area (Å²) < 4.78 is 4.70. The molecule has 6 nitrogen and oxygen atoms in total.